The van der Waals surface area contributed by atoms with Crippen LogP contribution < -0.4 is 0 Å². The fourth-order valence-corrected chi connectivity index (χ4v) is 7.56. The molecule has 0 spiro atoms. The molecule has 1 N–H and O–H groups in total. The second-order valence-electron chi connectivity index (χ2n) is 12.0. The number of piperidine rings is 2. The molecule has 0 aromatic carbocycles. The smallest absolute Gasteiger partial charge is 0.140 e. The number of nitrogens with zero attached hydrogens (tertiary/aromatic N) is 2. The van der Waals surface area contributed by atoms with Crippen LogP contribution in [0.25, 0.3) is 0 Å². The highest BCUT2D eigenvalue weighted by Gasteiger charge is 2.46. The maximum Gasteiger partial charge on any atom is 0.140 e. The standard InChI is InChI=1S/C28H50N2O3/c31-28-17-8-4-3-7-13-24-15-21-29-19-9-12-23(26(29)32-24)11-5-1-2-6-14-25-16-22-30(20-10-18-28)27(28)33-25/h23-27,31H,1-22H2/t23?,24-,25-,26?,27?,28-/m1/s1. The molecule has 5 heterocycles. The van der Waals surface area contributed by atoms with Crippen LogP contribution in [0.1, 0.15) is 116 Å². The summed E-state index contributed by atoms with van der Waals surface area (Å²) in [6, 6.07) is 0. The van der Waals surface area contributed by atoms with Gasteiger partial charge in [0, 0.05) is 26.2 Å². The van der Waals surface area contributed by atoms with Gasteiger partial charge in [-0.15, -0.1) is 0 Å². The first-order valence-corrected chi connectivity index (χ1v) is 14.7. The molecule has 0 aromatic rings. The van der Waals surface area contributed by atoms with Crippen molar-refractivity contribution in [2.45, 2.75) is 146 Å². The van der Waals surface area contributed by atoms with Gasteiger partial charge >= 0.3 is 0 Å². The summed E-state index contributed by atoms with van der Waals surface area (Å²) in [6.07, 6.45) is 23.1. The summed E-state index contributed by atoms with van der Waals surface area (Å²) in [5.74, 6) is 0.754. The third-order valence-corrected chi connectivity index (χ3v) is 9.50. The topological polar surface area (TPSA) is 45.2 Å². The van der Waals surface area contributed by atoms with Gasteiger partial charge in [0.15, 0.2) is 0 Å². The molecule has 0 amide bonds. The van der Waals surface area contributed by atoms with Gasteiger partial charge in [0.1, 0.15) is 18.1 Å². The lowest BCUT2D eigenvalue weighted by molar-refractivity contribution is -0.245. The van der Waals surface area contributed by atoms with Gasteiger partial charge in [-0.1, -0.05) is 51.4 Å². The second-order valence-corrected chi connectivity index (χ2v) is 12.0. The molecule has 3 unspecified atom stereocenters. The molecule has 0 radical (unpaired) electrons. The lowest BCUT2D eigenvalue weighted by atomic mass is 9.84. The van der Waals surface area contributed by atoms with Gasteiger partial charge in [-0.3, -0.25) is 9.80 Å². The van der Waals surface area contributed by atoms with Crippen LogP contribution in [0.15, 0.2) is 0 Å². The lowest BCUT2D eigenvalue weighted by Gasteiger charge is -2.51. The average molecular weight is 463 g/mol. The quantitative estimate of drug-likeness (QED) is 0.519. The molecule has 4 bridgehead atoms. The highest BCUT2D eigenvalue weighted by atomic mass is 16.5. The predicted octanol–water partition coefficient (Wildman–Crippen LogP) is 5.45. The minimum atomic E-state index is -0.635. The molecule has 0 aliphatic carbocycles. The molecule has 5 saturated heterocycles. The molecule has 0 saturated carbocycles. The molecule has 5 aliphatic rings. The van der Waals surface area contributed by atoms with Crippen molar-refractivity contribution in [1.29, 1.82) is 0 Å². The molecule has 5 rings (SSSR count). The zero-order valence-corrected chi connectivity index (χ0v) is 21.1. The van der Waals surface area contributed by atoms with E-state index in [1.807, 2.05) is 0 Å². The lowest BCUT2D eigenvalue weighted by Crippen LogP contribution is -2.61. The van der Waals surface area contributed by atoms with E-state index in [4.69, 9.17) is 9.47 Å². The SMILES string of the molecule is O[C@]12CCCCCC[C@@H]3CCN4CCCC(CCCCCC[C@@H]5CCN(CCC1)C2O5)C4O3. The van der Waals surface area contributed by atoms with Gasteiger partial charge < -0.3 is 14.6 Å². The van der Waals surface area contributed by atoms with Gasteiger partial charge in [0.25, 0.3) is 0 Å². The third-order valence-electron chi connectivity index (χ3n) is 9.50. The molecule has 5 fully saturated rings. The van der Waals surface area contributed by atoms with Crippen molar-refractivity contribution in [2.24, 2.45) is 5.92 Å². The Hall–Kier alpha value is -0.200. The fourth-order valence-electron chi connectivity index (χ4n) is 7.56. The Balaban J connectivity index is 1.19. The van der Waals surface area contributed by atoms with Crippen molar-refractivity contribution >= 4 is 0 Å². The number of hydrogen-bond donors (Lipinski definition) is 1. The number of fused-ring (bicyclic) bond motifs is 2. The van der Waals surface area contributed by atoms with E-state index in [1.54, 1.807) is 0 Å². The van der Waals surface area contributed by atoms with E-state index in [0.717, 1.165) is 51.1 Å². The monoisotopic (exact) mass is 462 g/mol. The minimum Gasteiger partial charge on any atom is -0.386 e. The number of ether oxygens (including phenoxy) is 2. The van der Waals surface area contributed by atoms with Crippen LogP contribution in [0, 0.1) is 5.92 Å². The van der Waals surface area contributed by atoms with Crippen molar-refractivity contribution in [2.75, 3.05) is 26.2 Å². The average Bonchev–Trinajstić information content (AvgIpc) is 2.83. The molecule has 0 aromatic heterocycles. The molecule has 6 atom stereocenters. The van der Waals surface area contributed by atoms with Crippen molar-refractivity contribution in [1.82, 2.24) is 9.80 Å². The summed E-state index contributed by atoms with van der Waals surface area (Å²) in [6.45, 7) is 4.70. The zero-order chi connectivity index (χ0) is 22.5. The Bertz CT molecular complexity index is 604. The maximum atomic E-state index is 11.6. The van der Waals surface area contributed by atoms with Crippen molar-refractivity contribution in [3.05, 3.63) is 0 Å². The van der Waals surface area contributed by atoms with E-state index in [9.17, 15) is 5.11 Å². The summed E-state index contributed by atoms with van der Waals surface area (Å²) in [7, 11) is 0. The van der Waals surface area contributed by atoms with Crippen molar-refractivity contribution in [3.8, 4) is 0 Å². The van der Waals surface area contributed by atoms with E-state index >= 15 is 0 Å². The predicted molar refractivity (Wildman–Crippen MR) is 132 cm³/mol. The Morgan fingerprint density at radius 1 is 0.545 bits per heavy atom. The molecule has 190 valence electrons. The molecule has 5 aliphatic heterocycles. The summed E-state index contributed by atoms with van der Waals surface area (Å²) in [5, 5.41) is 11.6. The van der Waals surface area contributed by atoms with Gasteiger partial charge in [-0.25, -0.2) is 0 Å². The van der Waals surface area contributed by atoms with Crippen molar-refractivity contribution < 1.29 is 14.6 Å². The molecule has 33 heavy (non-hydrogen) atoms. The summed E-state index contributed by atoms with van der Waals surface area (Å²) in [4.78, 5) is 5.10. The van der Waals surface area contributed by atoms with Gasteiger partial charge in [0.2, 0.25) is 0 Å². The first-order valence-electron chi connectivity index (χ1n) is 14.7. The van der Waals surface area contributed by atoms with Gasteiger partial charge in [0.05, 0.1) is 12.2 Å². The first kappa shape index (κ1) is 24.5. The fraction of sp³-hybridized carbons (Fsp3) is 1.00. The number of rotatable bonds is 0. The first-order chi connectivity index (χ1) is 16.2. The highest BCUT2D eigenvalue weighted by molar-refractivity contribution is 4.95. The Labute approximate surface area is 202 Å². The summed E-state index contributed by atoms with van der Waals surface area (Å²) >= 11 is 0. The van der Waals surface area contributed by atoms with Crippen LogP contribution >= 0.6 is 0 Å². The maximum absolute atomic E-state index is 11.6. The van der Waals surface area contributed by atoms with Crippen LogP contribution in [0.5, 0.6) is 0 Å². The van der Waals surface area contributed by atoms with Crippen LogP contribution in [-0.4, -0.2) is 71.4 Å². The Morgan fingerprint density at radius 2 is 1.15 bits per heavy atom. The highest BCUT2D eigenvalue weighted by Crippen LogP contribution is 2.38. The van der Waals surface area contributed by atoms with Crippen LogP contribution in [0.3, 0.4) is 0 Å². The number of hydrogen-bond acceptors (Lipinski definition) is 5. The van der Waals surface area contributed by atoms with Crippen LogP contribution in [-0.2, 0) is 9.47 Å². The largest absolute Gasteiger partial charge is 0.386 e. The summed E-state index contributed by atoms with van der Waals surface area (Å²) < 4.78 is 13.3. The normalized spacial score (nSPS) is 43.0. The molecular formula is C28H50N2O3. The minimum absolute atomic E-state index is 0.0579. The molecule has 5 nitrogen and oxygen atoms in total. The van der Waals surface area contributed by atoms with Crippen molar-refractivity contribution in [3.63, 3.8) is 0 Å². The van der Waals surface area contributed by atoms with E-state index in [-0.39, 0.29) is 6.23 Å². The van der Waals surface area contributed by atoms with Crippen LogP contribution in [0.4, 0.5) is 0 Å². The van der Waals surface area contributed by atoms with Gasteiger partial charge in [-0.05, 0) is 70.1 Å². The van der Waals surface area contributed by atoms with E-state index in [2.05, 4.69) is 9.80 Å². The van der Waals surface area contributed by atoms with E-state index < -0.39 is 5.60 Å². The molecular weight excluding hydrogens is 412 g/mol. The van der Waals surface area contributed by atoms with Crippen LogP contribution in [0.2, 0.25) is 0 Å². The Morgan fingerprint density at radius 3 is 1.97 bits per heavy atom. The number of aliphatic hydroxyl groups is 1. The summed E-state index contributed by atoms with van der Waals surface area (Å²) in [5.41, 5.74) is -0.635. The van der Waals surface area contributed by atoms with E-state index in [0.29, 0.717) is 18.4 Å². The third kappa shape index (κ3) is 6.14. The Kier molecular flexibility index (Phi) is 8.68. The van der Waals surface area contributed by atoms with Gasteiger partial charge in [-0.2, -0.15) is 0 Å². The van der Waals surface area contributed by atoms with E-state index in [1.165, 1.54) is 96.6 Å². The zero-order valence-electron chi connectivity index (χ0n) is 21.1. The second kappa shape index (κ2) is 11.7. The molecule has 5 heteroatoms.